The zero-order valence-corrected chi connectivity index (χ0v) is 34.8. The molecule has 8 aromatic carbocycles. The summed E-state index contributed by atoms with van der Waals surface area (Å²) in [7, 11) is 0. The average molecular weight is 811 g/mol. The van der Waals surface area contributed by atoms with E-state index in [0.717, 1.165) is 110 Å². The third kappa shape index (κ3) is 4.76. The highest BCUT2D eigenvalue weighted by molar-refractivity contribution is 6.26. The number of furan rings is 2. The van der Waals surface area contributed by atoms with E-state index in [9.17, 15) is 5.26 Å². The van der Waals surface area contributed by atoms with Crippen molar-refractivity contribution in [2.45, 2.75) is 26.3 Å². The van der Waals surface area contributed by atoms with Crippen LogP contribution in [0.5, 0.6) is 0 Å². The van der Waals surface area contributed by atoms with Gasteiger partial charge in [0.05, 0.1) is 44.0 Å². The lowest BCUT2D eigenvalue weighted by Crippen LogP contribution is -2.30. The third-order valence-electron chi connectivity index (χ3n) is 13.5. The van der Waals surface area contributed by atoms with Crippen LogP contribution in [-0.4, -0.2) is 13.7 Å². The van der Waals surface area contributed by atoms with Crippen molar-refractivity contribution < 1.29 is 8.83 Å². The maximum atomic E-state index is 12.0. The van der Waals surface area contributed by atoms with Gasteiger partial charge in [-0.1, -0.05) is 109 Å². The predicted octanol–water partition coefficient (Wildman–Crippen LogP) is 15.5. The number of para-hydroxylation sites is 6. The minimum atomic E-state index is -0.796. The van der Waals surface area contributed by atoms with E-state index < -0.39 is 5.54 Å². The summed E-state index contributed by atoms with van der Waals surface area (Å²) in [5.41, 5.74) is 11.1. The van der Waals surface area contributed by atoms with Gasteiger partial charge in [-0.05, 0) is 81.4 Å². The van der Waals surface area contributed by atoms with Crippen LogP contribution in [0.15, 0.2) is 190 Å². The smallest absolute Gasteiger partial charge is 0.137 e. The first-order valence-electron chi connectivity index (χ1n) is 21.4. The molecular formula is C57H38N4O2. The molecule has 5 aromatic heterocycles. The first kappa shape index (κ1) is 35.5. The predicted molar refractivity (Wildman–Crippen MR) is 261 cm³/mol. The summed E-state index contributed by atoms with van der Waals surface area (Å²) in [5.74, 6) is 0. The quantitative estimate of drug-likeness (QED) is 0.128. The van der Waals surface area contributed by atoms with E-state index in [1.807, 2.05) is 24.3 Å². The molecule has 0 spiro atoms. The second kappa shape index (κ2) is 12.9. The number of hydrogen-bond acceptors (Lipinski definition) is 3. The van der Waals surface area contributed by atoms with Gasteiger partial charge >= 0.3 is 0 Å². The number of nitrogens with zero attached hydrogens (tertiary/aromatic N) is 4. The molecule has 6 heteroatoms. The number of rotatable bonds is 5. The molecule has 0 radical (unpaired) electrons. The Morgan fingerprint density at radius 3 is 1.46 bits per heavy atom. The molecule has 0 fully saturated rings. The van der Waals surface area contributed by atoms with Crippen molar-refractivity contribution in [2.24, 2.45) is 0 Å². The molecule has 0 bridgehead atoms. The number of aromatic nitrogens is 3. The second-order valence-electron chi connectivity index (χ2n) is 17.1. The number of hydrogen-bond donors (Lipinski definition) is 0. The zero-order chi connectivity index (χ0) is 42.1. The molecule has 13 aromatic rings. The minimum absolute atomic E-state index is 0.574. The van der Waals surface area contributed by atoms with Crippen LogP contribution in [0, 0.1) is 11.3 Å². The van der Waals surface area contributed by atoms with Crippen LogP contribution in [0.2, 0.25) is 0 Å². The lowest BCUT2D eigenvalue weighted by Gasteiger charge is -2.33. The van der Waals surface area contributed by atoms with E-state index in [0.29, 0.717) is 5.57 Å². The average Bonchev–Trinajstić information content (AvgIpc) is 4.12. The van der Waals surface area contributed by atoms with E-state index >= 15 is 0 Å². The fourth-order valence-corrected chi connectivity index (χ4v) is 10.8. The lowest BCUT2D eigenvalue weighted by molar-refractivity contribution is 0.462. The molecule has 0 amide bonds. The summed E-state index contributed by atoms with van der Waals surface area (Å²) >= 11 is 0. The van der Waals surface area contributed by atoms with Crippen molar-refractivity contribution >= 4 is 121 Å². The Kier molecular flexibility index (Phi) is 7.25. The monoisotopic (exact) mass is 810 g/mol. The first-order valence-corrected chi connectivity index (χ1v) is 21.4. The Hall–Kier alpha value is -8.27. The van der Waals surface area contributed by atoms with Crippen LogP contribution in [-0.2, 0) is 5.54 Å². The Bertz CT molecular complexity index is 4150. The minimum Gasteiger partial charge on any atom is -0.456 e. The molecule has 298 valence electrons. The number of benzene rings is 8. The van der Waals surface area contributed by atoms with Crippen LogP contribution < -0.4 is 0 Å². The molecule has 6 nitrogen and oxygen atoms in total. The molecule has 13 rings (SSSR count). The molecule has 0 aliphatic heterocycles. The van der Waals surface area contributed by atoms with Gasteiger partial charge in [-0.25, -0.2) is 0 Å². The highest BCUT2D eigenvalue weighted by Crippen LogP contribution is 2.46. The Labute approximate surface area is 361 Å². The second-order valence-corrected chi connectivity index (χ2v) is 17.1. The molecule has 63 heavy (non-hydrogen) atoms. The van der Waals surface area contributed by atoms with Crippen LogP contribution in [0.25, 0.3) is 121 Å². The highest BCUT2D eigenvalue weighted by Gasteiger charge is 2.34. The first-order chi connectivity index (χ1) is 30.9. The molecule has 0 unspecified atom stereocenters. The molecule has 0 saturated heterocycles. The standard InChI is InChI=1S/C57H38N4O2/c1-34(60-46-23-11-5-19-38(46)40-29-31-52-54(56(40)60)42-21-9-15-27-50(42)63-52)43(32-58)44(57(2,3)61-47-24-12-6-16-35(47)36-17-7-13-25-48(36)61)33-59-45-22-10-4-18-37(45)39-28-30-51-53(55(39)59)41-20-8-14-26-49(41)62-51/h4-31,33H,1-3H3/b43-34+,44-33-. The van der Waals surface area contributed by atoms with Crippen molar-refractivity contribution in [3.8, 4) is 6.07 Å². The Balaban J connectivity index is 1.22. The highest BCUT2D eigenvalue weighted by atomic mass is 16.3. The van der Waals surface area contributed by atoms with Crippen molar-refractivity contribution in [2.75, 3.05) is 0 Å². The van der Waals surface area contributed by atoms with Crippen LogP contribution >= 0.6 is 0 Å². The molecule has 5 heterocycles. The molecular weight excluding hydrogens is 773 g/mol. The molecule has 0 aliphatic rings. The molecule has 0 saturated carbocycles. The number of allylic oxidation sites excluding steroid dienone is 3. The Morgan fingerprint density at radius 2 is 0.905 bits per heavy atom. The van der Waals surface area contributed by atoms with Gasteiger partial charge < -0.3 is 22.5 Å². The molecule has 0 aliphatic carbocycles. The number of fused-ring (bicyclic) bond motifs is 17. The van der Waals surface area contributed by atoms with E-state index in [2.05, 4.69) is 192 Å². The number of nitriles is 1. The maximum absolute atomic E-state index is 12.0. The fourth-order valence-electron chi connectivity index (χ4n) is 10.8. The van der Waals surface area contributed by atoms with E-state index in [1.54, 1.807) is 0 Å². The van der Waals surface area contributed by atoms with Gasteiger partial charge in [0.25, 0.3) is 0 Å². The van der Waals surface area contributed by atoms with E-state index in [1.165, 1.54) is 10.8 Å². The van der Waals surface area contributed by atoms with E-state index in [4.69, 9.17) is 8.83 Å². The summed E-state index contributed by atoms with van der Waals surface area (Å²) in [6.45, 7) is 6.62. The fraction of sp³-hybridized carbons (Fsp3) is 0.0702. The normalized spacial score (nSPS) is 13.3. The lowest BCUT2D eigenvalue weighted by atomic mass is 9.87. The zero-order valence-electron chi connectivity index (χ0n) is 34.8. The SMILES string of the molecule is C/C(=C(C#N)\C(=C\n1c2ccccc2c2ccc3oc4ccccc4c3c21)C(C)(C)n1c2ccccc2c2ccccc21)n1c2ccccc2c2ccc3oc4ccccc4c3c21. The van der Waals surface area contributed by atoms with Crippen LogP contribution in [0.1, 0.15) is 20.8 Å². The van der Waals surface area contributed by atoms with Crippen molar-refractivity contribution in [1.29, 1.82) is 5.26 Å². The molecule has 0 atom stereocenters. The maximum Gasteiger partial charge on any atom is 0.137 e. The van der Waals surface area contributed by atoms with Gasteiger partial charge in [0.1, 0.15) is 28.4 Å². The summed E-state index contributed by atoms with van der Waals surface area (Å²) in [6, 6.07) is 62.2. The topological polar surface area (TPSA) is 64.9 Å². The van der Waals surface area contributed by atoms with Gasteiger partial charge in [0.15, 0.2) is 0 Å². The van der Waals surface area contributed by atoms with E-state index in [-0.39, 0.29) is 0 Å². The van der Waals surface area contributed by atoms with Gasteiger partial charge in [-0.2, -0.15) is 5.26 Å². The van der Waals surface area contributed by atoms with Gasteiger partial charge in [-0.15, -0.1) is 0 Å². The molecule has 0 N–H and O–H groups in total. The third-order valence-corrected chi connectivity index (χ3v) is 13.5. The summed E-state index contributed by atoms with van der Waals surface area (Å²) in [6.07, 6.45) is 2.24. The summed E-state index contributed by atoms with van der Waals surface area (Å²) in [4.78, 5) is 0. The van der Waals surface area contributed by atoms with Crippen molar-refractivity contribution in [1.82, 2.24) is 13.7 Å². The van der Waals surface area contributed by atoms with Gasteiger partial charge in [0.2, 0.25) is 0 Å². The van der Waals surface area contributed by atoms with Crippen molar-refractivity contribution in [3.63, 3.8) is 0 Å². The van der Waals surface area contributed by atoms with Crippen molar-refractivity contribution in [3.05, 3.63) is 181 Å². The van der Waals surface area contributed by atoms with Crippen LogP contribution in [0.3, 0.4) is 0 Å². The van der Waals surface area contributed by atoms with Crippen LogP contribution in [0.4, 0.5) is 0 Å². The Morgan fingerprint density at radius 1 is 0.476 bits per heavy atom. The largest absolute Gasteiger partial charge is 0.456 e. The summed E-state index contributed by atoms with van der Waals surface area (Å²) in [5, 5.41) is 22.9. The summed E-state index contributed by atoms with van der Waals surface area (Å²) < 4.78 is 20.1. The van der Waals surface area contributed by atoms with Gasteiger partial charge in [0, 0.05) is 71.6 Å². The van der Waals surface area contributed by atoms with Gasteiger partial charge in [-0.3, -0.25) is 0 Å².